The lowest BCUT2D eigenvalue weighted by Crippen LogP contribution is -2.53. The number of hydrogen-bond acceptors (Lipinski definition) is 3. The molecule has 3 unspecified atom stereocenters. The molecule has 2 heterocycles. The number of benzene rings is 1. The average molecular weight is 380 g/mol. The Morgan fingerprint density at radius 1 is 1.19 bits per heavy atom. The van der Waals surface area contributed by atoms with Gasteiger partial charge in [0, 0.05) is 31.2 Å². The van der Waals surface area contributed by atoms with Gasteiger partial charge in [0.15, 0.2) is 0 Å². The van der Waals surface area contributed by atoms with Crippen LogP contribution in [0.1, 0.15) is 42.1 Å². The molecular formula is C20H30ClN3O2. The van der Waals surface area contributed by atoms with Crippen LogP contribution >= 0.6 is 12.4 Å². The Hall–Kier alpha value is -1.59. The van der Waals surface area contributed by atoms with Gasteiger partial charge in [-0.05, 0) is 50.8 Å². The standard InChI is InChI=1S/C20H29N3O2.ClH/c1-14-5-7-16(8-6-14)20(25)23-11-3-4-17(13-23)19(24)22-18-12-21-10-9-15(18)2;/h5-8,15,17-18,21H,3-4,9-13H2,1-2H3,(H,22,24);1H. The van der Waals surface area contributed by atoms with Crippen LogP contribution in [-0.2, 0) is 4.79 Å². The Bertz CT molecular complexity index is 620. The van der Waals surface area contributed by atoms with Crippen molar-refractivity contribution in [1.82, 2.24) is 15.5 Å². The Balaban J connectivity index is 0.00000243. The van der Waals surface area contributed by atoms with E-state index in [-0.39, 0.29) is 36.2 Å². The molecule has 2 aliphatic heterocycles. The van der Waals surface area contributed by atoms with E-state index in [1.54, 1.807) is 0 Å². The van der Waals surface area contributed by atoms with Crippen molar-refractivity contribution in [3.63, 3.8) is 0 Å². The summed E-state index contributed by atoms with van der Waals surface area (Å²) in [6, 6.07) is 7.86. The average Bonchev–Trinajstić information content (AvgIpc) is 2.64. The topological polar surface area (TPSA) is 61.4 Å². The highest BCUT2D eigenvalue weighted by molar-refractivity contribution is 5.94. The number of hydrogen-bond donors (Lipinski definition) is 2. The van der Waals surface area contributed by atoms with Crippen molar-refractivity contribution in [3.8, 4) is 0 Å². The van der Waals surface area contributed by atoms with Gasteiger partial charge in [0.2, 0.25) is 5.91 Å². The number of nitrogens with zero attached hydrogens (tertiary/aromatic N) is 1. The van der Waals surface area contributed by atoms with Crippen molar-refractivity contribution in [2.45, 2.75) is 39.2 Å². The minimum atomic E-state index is -0.0997. The quantitative estimate of drug-likeness (QED) is 0.847. The third-order valence-electron chi connectivity index (χ3n) is 5.53. The normalized spacial score (nSPS) is 25.9. The predicted molar refractivity (Wildman–Crippen MR) is 106 cm³/mol. The lowest BCUT2D eigenvalue weighted by Gasteiger charge is -2.35. The van der Waals surface area contributed by atoms with E-state index < -0.39 is 0 Å². The molecule has 5 nitrogen and oxygen atoms in total. The van der Waals surface area contributed by atoms with Gasteiger partial charge in [-0.2, -0.15) is 0 Å². The van der Waals surface area contributed by atoms with E-state index in [0.29, 0.717) is 18.0 Å². The fourth-order valence-corrected chi connectivity index (χ4v) is 3.74. The fraction of sp³-hybridized carbons (Fsp3) is 0.600. The van der Waals surface area contributed by atoms with Gasteiger partial charge in [0.25, 0.3) is 5.91 Å². The zero-order valence-electron chi connectivity index (χ0n) is 15.7. The summed E-state index contributed by atoms with van der Waals surface area (Å²) in [4.78, 5) is 27.2. The molecular weight excluding hydrogens is 350 g/mol. The first kappa shape index (κ1) is 20.7. The molecule has 1 aromatic rings. The molecule has 144 valence electrons. The van der Waals surface area contributed by atoms with E-state index in [0.717, 1.165) is 44.5 Å². The van der Waals surface area contributed by atoms with Crippen LogP contribution in [0.2, 0.25) is 0 Å². The van der Waals surface area contributed by atoms with E-state index >= 15 is 0 Å². The maximum absolute atomic E-state index is 12.7. The molecule has 1 aromatic carbocycles. The number of carbonyl (C=O) groups is 2. The van der Waals surface area contributed by atoms with Gasteiger partial charge in [-0.1, -0.05) is 24.6 Å². The number of aryl methyl sites for hydroxylation is 1. The Labute approximate surface area is 162 Å². The lowest BCUT2D eigenvalue weighted by molar-refractivity contribution is -0.127. The Morgan fingerprint density at radius 2 is 1.92 bits per heavy atom. The van der Waals surface area contributed by atoms with Crippen molar-refractivity contribution < 1.29 is 9.59 Å². The molecule has 0 radical (unpaired) electrons. The van der Waals surface area contributed by atoms with Gasteiger partial charge in [-0.15, -0.1) is 12.4 Å². The third-order valence-corrected chi connectivity index (χ3v) is 5.53. The maximum atomic E-state index is 12.7. The molecule has 26 heavy (non-hydrogen) atoms. The first-order valence-electron chi connectivity index (χ1n) is 9.41. The molecule has 0 bridgehead atoms. The second kappa shape index (κ2) is 9.38. The third kappa shape index (κ3) is 4.98. The van der Waals surface area contributed by atoms with E-state index in [1.807, 2.05) is 36.1 Å². The van der Waals surface area contributed by atoms with E-state index in [4.69, 9.17) is 0 Å². The molecule has 0 aliphatic carbocycles. The molecule has 0 spiro atoms. The van der Waals surface area contributed by atoms with Crippen molar-refractivity contribution in [1.29, 1.82) is 0 Å². The van der Waals surface area contributed by atoms with Crippen LogP contribution in [-0.4, -0.2) is 48.9 Å². The van der Waals surface area contributed by atoms with Crippen LogP contribution in [0.25, 0.3) is 0 Å². The highest BCUT2D eigenvalue weighted by atomic mass is 35.5. The number of piperidine rings is 2. The molecule has 2 N–H and O–H groups in total. The first-order chi connectivity index (χ1) is 12.0. The first-order valence-corrected chi connectivity index (χ1v) is 9.41. The number of halogens is 1. The van der Waals surface area contributed by atoms with Gasteiger partial charge in [-0.3, -0.25) is 9.59 Å². The van der Waals surface area contributed by atoms with Crippen LogP contribution in [0.4, 0.5) is 0 Å². The van der Waals surface area contributed by atoms with Crippen molar-refractivity contribution in [2.75, 3.05) is 26.2 Å². The van der Waals surface area contributed by atoms with Crippen LogP contribution in [0.3, 0.4) is 0 Å². The summed E-state index contributed by atoms with van der Waals surface area (Å²) in [5.41, 5.74) is 1.85. The minimum absolute atomic E-state index is 0. The maximum Gasteiger partial charge on any atom is 0.253 e. The van der Waals surface area contributed by atoms with Gasteiger partial charge < -0.3 is 15.5 Å². The molecule has 0 saturated carbocycles. The number of likely N-dealkylation sites (tertiary alicyclic amines) is 1. The molecule has 0 aromatic heterocycles. The van der Waals surface area contributed by atoms with Crippen LogP contribution in [0.5, 0.6) is 0 Å². The monoisotopic (exact) mass is 379 g/mol. The highest BCUT2D eigenvalue weighted by Crippen LogP contribution is 2.20. The molecule has 2 amide bonds. The molecule has 3 rings (SSSR count). The SMILES string of the molecule is Cc1ccc(C(=O)N2CCCC(C(=O)NC3CNCCC3C)C2)cc1.Cl. The Kier molecular flexibility index (Phi) is 7.47. The summed E-state index contributed by atoms with van der Waals surface area (Å²) in [5.74, 6) is 0.531. The lowest BCUT2D eigenvalue weighted by atomic mass is 9.92. The molecule has 2 saturated heterocycles. The van der Waals surface area contributed by atoms with E-state index in [9.17, 15) is 9.59 Å². The van der Waals surface area contributed by atoms with E-state index in [2.05, 4.69) is 17.6 Å². The van der Waals surface area contributed by atoms with Crippen LogP contribution in [0, 0.1) is 18.8 Å². The smallest absolute Gasteiger partial charge is 0.253 e. The van der Waals surface area contributed by atoms with Gasteiger partial charge in [0.05, 0.1) is 5.92 Å². The summed E-state index contributed by atoms with van der Waals surface area (Å²) < 4.78 is 0. The molecule has 2 fully saturated rings. The second-order valence-corrected chi connectivity index (χ2v) is 7.54. The zero-order valence-corrected chi connectivity index (χ0v) is 16.5. The summed E-state index contributed by atoms with van der Waals surface area (Å²) >= 11 is 0. The largest absolute Gasteiger partial charge is 0.352 e. The second-order valence-electron chi connectivity index (χ2n) is 7.54. The minimum Gasteiger partial charge on any atom is -0.352 e. The summed E-state index contributed by atoms with van der Waals surface area (Å²) in [6.45, 7) is 7.32. The van der Waals surface area contributed by atoms with Crippen molar-refractivity contribution in [2.24, 2.45) is 11.8 Å². The number of amides is 2. The van der Waals surface area contributed by atoms with Crippen molar-refractivity contribution in [3.05, 3.63) is 35.4 Å². The van der Waals surface area contributed by atoms with Gasteiger partial charge in [0.1, 0.15) is 0 Å². The van der Waals surface area contributed by atoms with Crippen LogP contribution in [0.15, 0.2) is 24.3 Å². The predicted octanol–water partition coefficient (Wildman–Crippen LogP) is 2.38. The van der Waals surface area contributed by atoms with Crippen LogP contribution < -0.4 is 10.6 Å². The molecule has 2 aliphatic rings. The molecule has 3 atom stereocenters. The van der Waals surface area contributed by atoms with Gasteiger partial charge in [-0.25, -0.2) is 0 Å². The van der Waals surface area contributed by atoms with Gasteiger partial charge >= 0.3 is 0 Å². The van der Waals surface area contributed by atoms with Crippen molar-refractivity contribution >= 4 is 24.2 Å². The summed E-state index contributed by atoms with van der Waals surface area (Å²) in [5, 5.41) is 6.55. The summed E-state index contributed by atoms with van der Waals surface area (Å²) in [6.07, 6.45) is 2.83. The number of nitrogens with one attached hydrogen (secondary N) is 2. The summed E-state index contributed by atoms with van der Waals surface area (Å²) in [7, 11) is 0. The zero-order chi connectivity index (χ0) is 17.8. The van der Waals surface area contributed by atoms with E-state index in [1.165, 1.54) is 0 Å². The Morgan fingerprint density at radius 3 is 2.62 bits per heavy atom. The molecule has 6 heteroatoms. The highest BCUT2D eigenvalue weighted by Gasteiger charge is 2.31. The fourth-order valence-electron chi connectivity index (χ4n) is 3.74. The number of carbonyl (C=O) groups excluding carboxylic acids is 2. The number of rotatable bonds is 3.